The molecular weight excluding hydrogens is 290 g/mol. The molecule has 23 heavy (non-hydrogen) atoms. The molecule has 0 unspecified atom stereocenters. The van der Waals surface area contributed by atoms with Gasteiger partial charge in [-0.15, -0.1) is 0 Å². The van der Waals surface area contributed by atoms with Gasteiger partial charge >= 0.3 is 0 Å². The van der Waals surface area contributed by atoms with E-state index in [1.807, 2.05) is 26.2 Å². The minimum atomic E-state index is 0.845. The van der Waals surface area contributed by atoms with E-state index in [9.17, 15) is 0 Å². The Labute approximate surface area is 133 Å². The standard InChI is InChI=1S/C16H17N7/c1-4-23(11-5-7-13-15(9-11)19-21(2)17-13)12-6-8-14-16(10-12)20-22(3)18-14/h5-10H,4H2,1-3H3. The number of aromatic nitrogens is 6. The fourth-order valence-corrected chi connectivity index (χ4v) is 2.87. The molecule has 0 bridgehead atoms. The van der Waals surface area contributed by atoms with Crippen LogP contribution in [0.2, 0.25) is 0 Å². The highest BCUT2D eigenvalue weighted by Crippen LogP contribution is 2.29. The lowest BCUT2D eigenvalue weighted by atomic mass is 10.2. The summed E-state index contributed by atoms with van der Waals surface area (Å²) in [5.74, 6) is 0. The molecule has 0 amide bonds. The lowest BCUT2D eigenvalue weighted by Crippen LogP contribution is -2.15. The molecule has 0 atom stereocenters. The molecule has 0 saturated carbocycles. The van der Waals surface area contributed by atoms with Gasteiger partial charge in [0.2, 0.25) is 0 Å². The van der Waals surface area contributed by atoms with Gasteiger partial charge in [-0.25, -0.2) is 0 Å². The van der Waals surface area contributed by atoms with Crippen LogP contribution in [0.4, 0.5) is 11.4 Å². The van der Waals surface area contributed by atoms with Crippen molar-refractivity contribution in [2.75, 3.05) is 11.4 Å². The fourth-order valence-electron chi connectivity index (χ4n) is 2.87. The number of benzene rings is 2. The molecule has 0 spiro atoms. The molecular formula is C16H17N7. The summed E-state index contributed by atoms with van der Waals surface area (Å²) in [4.78, 5) is 5.41. The van der Waals surface area contributed by atoms with Crippen molar-refractivity contribution in [3.63, 3.8) is 0 Å². The van der Waals surface area contributed by atoms with Gasteiger partial charge in [-0.2, -0.15) is 30.0 Å². The number of anilines is 2. The quantitative estimate of drug-likeness (QED) is 0.581. The van der Waals surface area contributed by atoms with Gasteiger partial charge in [0, 0.05) is 32.0 Å². The van der Waals surface area contributed by atoms with Gasteiger partial charge in [-0.1, -0.05) is 0 Å². The second-order valence-corrected chi connectivity index (χ2v) is 5.47. The van der Waals surface area contributed by atoms with Crippen molar-refractivity contribution in [1.29, 1.82) is 0 Å². The molecule has 116 valence electrons. The highest BCUT2D eigenvalue weighted by molar-refractivity contribution is 5.83. The number of nitrogens with zero attached hydrogens (tertiary/aromatic N) is 7. The summed E-state index contributed by atoms with van der Waals surface area (Å²) in [7, 11) is 3.67. The molecule has 0 saturated heterocycles. The molecule has 0 aliphatic carbocycles. The van der Waals surface area contributed by atoms with Gasteiger partial charge in [0.25, 0.3) is 0 Å². The second-order valence-electron chi connectivity index (χ2n) is 5.47. The van der Waals surface area contributed by atoms with Crippen LogP contribution in [-0.2, 0) is 14.1 Å². The van der Waals surface area contributed by atoms with Crippen LogP contribution >= 0.6 is 0 Å². The maximum absolute atomic E-state index is 4.39. The number of fused-ring (bicyclic) bond motifs is 2. The first-order valence-electron chi connectivity index (χ1n) is 7.54. The van der Waals surface area contributed by atoms with E-state index < -0.39 is 0 Å². The average molecular weight is 307 g/mol. The van der Waals surface area contributed by atoms with Crippen molar-refractivity contribution in [3.8, 4) is 0 Å². The first kappa shape index (κ1) is 13.7. The Balaban J connectivity index is 1.80. The molecule has 2 aromatic carbocycles. The highest BCUT2D eigenvalue weighted by Gasteiger charge is 2.11. The van der Waals surface area contributed by atoms with Gasteiger partial charge in [0.15, 0.2) is 0 Å². The van der Waals surface area contributed by atoms with E-state index in [0.717, 1.165) is 40.0 Å². The molecule has 4 rings (SSSR count). The third-order valence-corrected chi connectivity index (χ3v) is 3.87. The Morgan fingerprint density at radius 3 is 1.61 bits per heavy atom. The predicted octanol–water partition coefficient (Wildman–Crippen LogP) is 2.41. The summed E-state index contributed by atoms with van der Waals surface area (Å²) in [5.41, 5.74) is 5.76. The summed E-state index contributed by atoms with van der Waals surface area (Å²) in [6.07, 6.45) is 0. The maximum atomic E-state index is 4.39. The zero-order valence-corrected chi connectivity index (χ0v) is 13.3. The first-order chi connectivity index (χ1) is 11.1. The zero-order chi connectivity index (χ0) is 16.0. The monoisotopic (exact) mass is 307 g/mol. The van der Waals surface area contributed by atoms with Crippen LogP contribution < -0.4 is 4.90 Å². The van der Waals surface area contributed by atoms with E-state index in [1.54, 1.807) is 9.59 Å². The van der Waals surface area contributed by atoms with E-state index in [-0.39, 0.29) is 0 Å². The fraction of sp³-hybridized carbons (Fsp3) is 0.250. The van der Waals surface area contributed by atoms with Crippen LogP contribution in [0.5, 0.6) is 0 Å². The summed E-state index contributed by atoms with van der Waals surface area (Å²) >= 11 is 0. The smallest absolute Gasteiger partial charge is 0.115 e. The number of hydrogen-bond acceptors (Lipinski definition) is 5. The largest absolute Gasteiger partial charge is 0.342 e. The first-order valence-corrected chi connectivity index (χ1v) is 7.54. The van der Waals surface area contributed by atoms with Gasteiger partial charge in [0.05, 0.1) is 0 Å². The van der Waals surface area contributed by atoms with E-state index in [2.05, 4.69) is 56.5 Å². The summed E-state index contributed by atoms with van der Waals surface area (Å²) in [6.45, 7) is 2.97. The molecule has 0 N–H and O–H groups in total. The number of rotatable bonds is 3. The Hall–Kier alpha value is -2.96. The van der Waals surface area contributed by atoms with Gasteiger partial charge in [-0.05, 0) is 43.3 Å². The minimum absolute atomic E-state index is 0.845. The van der Waals surface area contributed by atoms with Crippen LogP contribution in [0, 0.1) is 0 Å². The van der Waals surface area contributed by atoms with E-state index >= 15 is 0 Å². The molecule has 4 aromatic rings. The lowest BCUT2D eigenvalue weighted by Gasteiger charge is -2.23. The predicted molar refractivity (Wildman–Crippen MR) is 89.7 cm³/mol. The van der Waals surface area contributed by atoms with Crippen molar-refractivity contribution >= 4 is 33.4 Å². The summed E-state index contributed by atoms with van der Waals surface area (Å²) in [6, 6.07) is 12.3. The van der Waals surface area contributed by atoms with Crippen LogP contribution in [0.3, 0.4) is 0 Å². The van der Waals surface area contributed by atoms with Crippen LogP contribution in [0.1, 0.15) is 6.92 Å². The second kappa shape index (κ2) is 5.05. The van der Waals surface area contributed by atoms with E-state index in [1.165, 1.54) is 0 Å². The molecule has 7 nitrogen and oxygen atoms in total. The van der Waals surface area contributed by atoms with Crippen LogP contribution in [-0.4, -0.2) is 36.5 Å². The number of aryl methyl sites for hydroxylation is 2. The lowest BCUT2D eigenvalue weighted by molar-refractivity contribution is 0.665. The zero-order valence-electron chi connectivity index (χ0n) is 13.3. The van der Waals surface area contributed by atoms with Crippen LogP contribution in [0.25, 0.3) is 22.1 Å². The van der Waals surface area contributed by atoms with Gasteiger partial charge < -0.3 is 4.90 Å². The van der Waals surface area contributed by atoms with Crippen LogP contribution in [0.15, 0.2) is 36.4 Å². The van der Waals surface area contributed by atoms with Crippen molar-refractivity contribution in [3.05, 3.63) is 36.4 Å². The van der Waals surface area contributed by atoms with E-state index in [0.29, 0.717) is 0 Å². The van der Waals surface area contributed by atoms with Crippen molar-refractivity contribution in [2.24, 2.45) is 14.1 Å². The molecule has 2 aromatic heterocycles. The normalized spacial score (nSPS) is 11.4. The van der Waals surface area contributed by atoms with Gasteiger partial charge in [0.1, 0.15) is 22.1 Å². The highest BCUT2D eigenvalue weighted by atomic mass is 15.5. The van der Waals surface area contributed by atoms with Gasteiger partial charge in [-0.3, -0.25) is 0 Å². The summed E-state index contributed by atoms with van der Waals surface area (Å²) < 4.78 is 0. The third kappa shape index (κ3) is 2.30. The molecule has 0 aliphatic rings. The molecule has 0 radical (unpaired) electrons. The Bertz CT molecular complexity index is 918. The van der Waals surface area contributed by atoms with E-state index in [4.69, 9.17) is 0 Å². The van der Waals surface area contributed by atoms with Crippen molar-refractivity contribution < 1.29 is 0 Å². The van der Waals surface area contributed by atoms with Crippen molar-refractivity contribution in [2.45, 2.75) is 6.92 Å². The minimum Gasteiger partial charge on any atom is -0.342 e. The Morgan fingerprint density at radius 2 is 1.17 bits per heavy atom. The van der Waals surface area contributed by atoms with Crippen molar-refractivity contribution in [1.82, 2.24) is 30.0 Å². The third-order valence-electron chi connectivity index (χ3n) is 3.87. The summed E-state index contributed by atoms with van der Waals surface area (Å²) in [5, 5.41) is 17.4. The number of hydrogen-bond donors (Lipinski definition) is 0. The molecule has 0 fully saturated rings. The molecule has 2 heterocycles. The average Bonchev–Trinajstić information content (AvgIpc) is 3.07. The topological polar surface area (TPSA) is 64.7 Å². The molecule has 0 aliphatic heterocycles. The maximum Gasteiger partial charge on any atom is 0.115 e. The SMILES string of the molecule is CCN(c1ccc2nn(C)nc2c1)c1ccc2nn(C)nc2c1. The molecule has 7 heteroatoms. The Morgan fingerprint density at radius 1 is 0.739 bits per heavy atom. The Kier molecular flexibility index (Phi) is 3.00.